The summed E-state index contributed by atoms with van der Waals surface area (Å²) >= 11 is 1.91. The highest BCUT2D eigenvalue weighted by atomic mass is 32.2. The summed E-state index contributed by atoms with van der Waals surface area (Å²) < 4.78 is 2.11. The van der Waals surface area contributed by atoms with Crippen LogP contribution >= 0.6 is 11.8 Å². The molecule has 1 heterocycles. The van der Waals surface area contributed by atoms with Gasteiger partial charge in [0.15, 0.2) is 0 Å². The van der Waals surface area contributed by atoms with Gasteiger partial charge in [0.2, 0.25) is 0 Å². The zero-order chi connectivity index (χ0) is 13.4. The fraction of sp³-hybridized carbons (Fsp3) is 0.786. The number of hydrogen-bond acceptors (Lipinski definition) is 3. The first-order valence-electron chi connectivity index (χ1n) is 6.97. The number of thioether (sulfide) groups is 1. The molecule has 3 nitrogen and oxygen atoms in total. The third-order valence-electron chi connectivity index (χ3n) is 3.37. The van der Waals surface area contributed by atoms with Crippen LogP contribution in [0.5, 0.6) is 0 Å². The number of aromatic nitrogens is 2. The standard InChI is InChI=1S/C14H27N3S/c1-5-14(6-2)17-9-7-13(16-17)11-15-12(3)8-10-18-4/h7,9,12,14-15H,5-6,8,10-11H2,1-4H3. The second kappa shape index (κ2) is 8.59. The fourth-order valence-electron chi connectivity index (χ4n) is 2.01. The van der Waals surface area contributed by atoms with Crippen molar-refractivity contribution in [3.63, 3.8) is 0 Å². The molecule has 1 atom stereocenters. The van der Waals surface area contributed by atoms with Crippen LogP contribution in [0.15, 0.2) is 12.3 Å². The van der Waals surface area contributed by atoms with E-state index in [1.54, 1.807) is 0 Å². The Balaban J connectivity index is 2.39. The maximum atomic E-state index is 4.65. The Hall–Kier alpha value is -0.480. The third kappa shape index (κ3) is 5.02. The van der Waals surface area contributed by atoms with Gasteiger partial charge in [-0.3, -0.25) is 4.68 Å². The minimum absolute atomic E-state index is 0.549. The van der Waals surface area contributed by atoms with E-state index in [2.05, 4.69) is 54.4 Å². The van der Waals surface area contributed by atoms with Crippen LogP contribution in [0, 0.1) is 0 Å². The molecule has 0 amide bonds. The minimum Gasteiger partial charge on any atom is -0.309 e. The normalized spacial score (nSPS) is 13.2. The number of rotatable bonds is 9. The Labute approximate surface area is 116 Å². The molecule has 0 aromatic carbocycles. The molecule has 4 heteroatoms. The van der Waals surface area contributed by atoms with Crippen LogP contribution in [0.3, 0.4) is 0 Å². The highest BCUT2D eigenvalue weighted by molar-refractivity contribution is 7.98. The van der Waals surface area contributed by atoms with E-state index in [1.165, 1.54) is 12.2 Å². The Kier molecular flexibility index (Phi) is 7.44. The van der Waals surface area contributed by atoms with Gasteiger partial charge in [-0.2, -0.15) is 16.9 Å². The van der Waals surface area contributed by atoms with Crippen LogP contribution in [0.25, 0.3) is 0 Å². The Morgan fingerprint density at radius 1 is 1.39 bits per heavy atom. The molecule has 0 aliphatic carbocycles. The van der Waals surface area contributed by atoms with Gasteiger partial charge < -0.3 is 5.32 Å². The van der Waals surface area contributed by atoms with E-state index in [0.717, 1.165) is 25.1 Å². The quantitative estimate of drug-likeness (QED) is 0.744. The van der Waals surface area contributed by atoms with E-state index in [4.69, 9.17) is 0 Å². The van der Waals surface area contributed by atoms with Gasteiger partial charge in [0.1, 0.15) is 0 Å². The van der Waals surface area contributed by atoms with Gasteiger partial charge >= 0.3 is 0 Å². The molecule has 18 heavy (non-hydrogen) atoms. The first-order valence-corrected chi connectivity index (χ1v) is 8.36. The molecule has 1 unspecified atom stereocenters. The van der Waals surface area contributed by atoms with Gasteiger partial charge in [0.25, 0.3) is 0 Å². The van der Waals surface area contributed by atoms with Gasteiger partial charge in [-0.1, -0.05) is 13.8 Å². The molecule has 104 valence electrons. The highest BCUT2D eigenvalue weighted by Crippen LogP contribution is 2.14. The van der Waals surface area contributed by atoms with Gasteiger partial charge in [-0.15, -0.1) is 0 Å². The third-order valence-corrected chi connectivity index (χ3v) is 4.01. The lowest BCUT2D eigenvalue weighted by atomic mass is 10.2. The summed E-state index contributed by atoms with van der Waals surface area (Å²) in [5.41, 5.74) is 1.15. The van der Waals surface area contributed by atoms with E-state index in [0.29, 0.717) is 12.1 Å². The van der Waals surface area contributed by atoms with E-state index >= 15 is 0 Å². The topological polar surface area (TPSA) is 29.9 Å². The summed E-state index contributed by atoms with van der Waals surface area (Å²) in [6.45, 7) is 7.56. The van der Waals surface area contributed by atoms with Crippen LogP contribution in [0.4, 0.5) is 0 Å². The summed E-state index contributed by atoms with van der Waals surface area (Å²) in [5.74, 6) is 1.22. The summed E-state index contributed by atoms with van der Waals surface area (Å²) in [5, 5.41) is 8.19. The molecule has 0 aliphatic rings. The van der Waals surface area contributed by atoms with Crippen LogP contribution in [0.1, 0.15) is 51.8 Å². The van der Waals surface area contributed by atoms with E-state index in [9.17, 15) is 0 Å². The molecular weight excluding hydrogens is 242 g/mol. The Morgan fingerprint density at radius 3 is 2.72 bits per heavy atom. The summed E-state index contributed by atoms with van der Waals surface area (Å²) in [7, 11) is 0. The SMILES string of the molecule is CCC(CC)n1ccc(CNC(C)CCSC)n1. The van der Waals surface area contributed by atoms with Crippen molar-refractivity contribution in [1.29, 1.82) is 0 Å². The lowest BCUT2D eigenvalue weighted by Crippen LogP contribution is -2.26. The van der Waals surface area contributed by atoms with E-state index in [-0.39, 0.29) is 0 Å². The summed E-state index contributed by atoms with van der Waals surface area (Å²) in [4.78, 5) is 0. The lowest BCUT2D eigenvalue weighted by molar-refractivity contribution is 0.422. The first kappa shape index (κ1) is 15.6. The molecule has 1 rings (SSSR count). The second-order valence-electron chi connectivity index (χ2n) is 4.82. The largest absolute Gasteiger partial charge is 0.309 e. The Bertz CT molecular complexity index is 321. The summed E-state index contributed by atoms with van der Waals surface area (Å²) in [6.07, 6.45) is 7.78. The average Bonchev–Trinajstić information content (AvgIpc) is 2.84. The van der Waals surface area contributed by atoms with Crippen molar-refractivity contribution >= 4 is 11.8 Å². The van der Waals surface area contributed by atoms with E-state index < -0.39 is 0 Å². The van der Waals surface area contributed by atoms with Crippen LogP contribution in [0.2, 0.25) is 0 Å². The maximum Gasteiger partial charge on any atom is 0.0762 e. The lowest BCUT2D eigenvalue weighted by Gasteiger charge is -2.13. The van der Waals surface area contributed by atoms with Crippen LogP contribution in [-0.4, -0.2) is 27.8 Å². The maximum absolute atomic E-state index is 4.65. The van der Waals surface area contributed by atoms with E-state index in [1.807, 2.05) is 11.8 Å². The molecule has 0 saturated carbocycles. The van der Waals surface area contributed by atoms with Crippen molar-refractivity contribution in [1.82, 2.24) is 15.1 Å². The summed E-state index contributed by atoms with van der Waals surface area (Å²) in [6, 6.07) is 3.25. The molecule has 0 radical (unpaired) electrons. The fourth-order valence-corrected chi connectivity index (χ4v) is 2.60. The van der Waals surface area contributed by atoms with Crippen molar-refractivity contribution in [2.45, 2.75) is 58.7 Å². The number of nitrogens with zero attached hydrogens (tertiary/aromatic N) is 2. The van der Waals surface area contributed by atoms with Crippen molar-refractivity contribution in [3.8, 4) is 0 Å². The van der Waals surface area contributed by atoms with Crippen LogP contribution in [-0.2, 0) is 6.54 Å². The zero-order valence-corrected chi connectivity index (χ0v) is 13.0. The zero-order valence-electron chi connectivity index (χ0n) is 12.1. The molecule has 0 aliphatic heterocycles. The van der Waals surface area contributed by atoms with Crippen molar-refractivity contribution in [2.75, 3.05) is 12.0 Å². The second-order valence-corrected chi connectivity index (χ2v) is 5.81. The Morgan fingerprint density at radius 2 is 2.11 bits per heavy atom. The molecule has 0 spiro atoms. The van der Waals surface area contributed by atoms with Crippen molar-refractivity contribution < 1.29 is 0 Å². The predicted molar refractivity (Wildman–Crippen MR) is 81.1 cm³/mol. The molecular formula is C14H27N3S. The van der Waals surface area contributed by atoms with Crippen LogP contribution < -0.4 is 5.32 Å². The minimum atomic E-state index is 0.549. The van der Waals surface area contributed by atoms with Gasteiger partial charge in [0, 0.05) is 18.8 Å². The molecule has 0 bridgehead atoms. The molecule has 0 fully saturated rings. The average molecular weight is 269 g/mol. The molecule has 1 N–H and O–H groups in total. The first-order chi connectivity index (χ1) is 8.71. The molecule has 0 saturated heterocycles. The van der Waals surface area contributed by atoms with Gasteiger partial charge in [-0.25, -0.2) is 0 Å². The molecule has 1 aromatic heterocycles. The van der Waals surface area contributed by atoms with Gasteiger partial charge in [0.05, 0.1) is 11.7 Å². The van der Waals surface area contributed by atoms with Crippen molar-refractivity contribution in [2.24, 2.45) is 0 Å². The monoisotopic (exact) mass is 269 g/mol. The van der Waals surface area contributed by atoms with Gasteiger partial charge in [-0.05, 0) is 44.3 Å². The number of hydrogen-bond donors (Lipinski definition) is 1. The smallest absolute Gasteiger partial charge is 0.0762 e. The molecule has 1 aromatic rings. The number of nitrogens with one attached hydrogen (secondary N) is 1. The predicted octanol–water partition coefficient (Wildman–Crippen LogP) is 3.48. The van der Waals surface area contributed by atoms with Crippen molar-refractivity contribution in [3.05, 3.63) is 18.0 Å². The highest BCUT2D eigenvalue weighted by Gasteiger charge is 2.08.